The second-order valence-electron chi connectivity index (χ2n) is 8.87. The molecule has 0 spiro atoms. The highest BCUT2D eigenvalue weighted by molar-refractivity contribution is 5.77. The topological polar surface area (TPSA) is 82.3 Å². The predicted molar refractivity (Wildman–Crippen MR) is 112 cm³/mol. The summed E-state index contributed by atoms with van der Waals surface area (Å²) in [6, 6.07) is 8.20. The number of nitrogens with zero attached hydrogens (tertiary/aromatic N) is 4. The molecular formula is C21H33N5O3. The Morgan fingerprint density at radius 2 is 1.76 bits per heavy atom. The molecule has 2 heterocycles. The summed E-state index contributed by atoms with van der Waals surface area (Å²) in [6.45, 7) is 8.92. The van der Waals surface area contributed by atoms with Crippen molar-refractivity contribution in [3.8, 4) is 0 Å². The van der Waals surface area contributed by atoms with Crippen molar-refractivity contribution in [3.63, 3.8) is 0 Å². The van der Waals surface area contributed by atoms with E-state index in [2.05, 4.69) is 0 Å². The van der Waals surface area contributed by atoms with Crippen molar-refractivity contribution in [2.45, 2.75) is 51.8 Å². The molecule has 0 radical (unpaired) electrons. The molecule has 1 aromatic carbocycles. The molecule has 0 aliphatic carbocycles. The van der Waals surface area contributed by atoms with E-state index in [1.165, 1.54) is 0 Å². The highest BCUT2D eigenvalue weighted by atomic mass is 16.6. The fourth-order valence-corrected chi connectivity index (χ4v) is 3.83. The quantitative estimate of drug-likeness (QED) is 0.617. The Balaban J connectivity index is 1.51. The standard InChI is InChI=1S/C21H33N5O3/c1-21(2,3)29-20(28)24-11-9-18(10-12-24)26-14-13-25(19(26)27)15-16-5-7-17(8-6-16)23(4)22/h5-8,18H,9-15,22H2,1-4H3. The summed E-state index contributed by atoms with van der Waals surface area (Å²) in [5, 5.41) is 1.57. The predicted octanol–water partition coefficient (Wildman–Crippen LogP) is 2.63. The Kier molecular flexibility index (Phi) is 6.21. The van der Waals surface area contributed by atoms with Crippen LogP contribution in [0.25, 0.3) is 0 Å². The van der Waals surface area contributed by atoms with Gasteiger partial charge in [-0.2, -0.15) is 0 Å². The molecule has 2 aliphatic heterocycles. The van der Waals surface area contributed by atoms with Crippen molar-refractivity contribution >= 4 is 17.8 Å². The number of hydrogen-bond acceptors (Lipinski definition) is 5. The van der Waals surface area contributed by atoms with Gasteiger partial charge in [0.25, 0.3) is 0 Å². The van der Waals surface area contributed by atoms with Crippen LogP contribution in [0.4, 0.5) is 15.3 Å². The van der Waals surface area contributed by atoms with Crippen LogP contribution in [-0.4, -0.2) is 71.7 Å². The summed E-state index contributed by atoms with van der Waals surface area (Å²) >= 11 is 0. The minimum atomic E-state index is -0.489. The zero-order chi connectivity index (χ0) is 21.2. The van der Waals surface area contributed by atoms with Crippen molar-refractivity contribution in [3.05, 3.63) is 29.8 Å². The molecule has 0 unspecified atom stereocenters. The Labute approximate surface area is 173 Å². The first-order valence-corrected chi connectivity index (χ1v) is 10.2. The van der Waals surface area contributed by atoms with E-state index in [0.717, 1.165) is 37.2 Å². The van der Waals surface area contributed by atoms with Gasteiger partial charge in [0.15, 0.2) is 0 Å². The zero-order valence-electron chi connectivity index (χ0n) is 17.9. The second-order valence-corrected chi connectivity index (χ2v) is 8.87. The summed E-state index contributed by atoms with van der Waals surface area (Å²) in [6.07, 6.45) is 1.31. The maximum atomic E-state index is 12.9. The lowest BCUT2D eigenvalue weighted by molar-refractivity contribution is 0.0170. The van der Waals surface area contributed by atoms with Crippen LogP contribution in [0.5, 0.6) is 0 Å². The maximum absolute atomic E-state index is 12.9. The van der Waals surface area contributed by atoms with Gasteiger partial charge in [0.2, 0.25) is 0 Å². The number of piperidine rings is 1. The second kappa shape index (κ2) is 8.49. The molecule has 2 saturated heterocycles. The number of rotatable bonds is 4. The highest BCUT2D eigenvalue weighted by Gasteiger charge is 2.36. The van der Waals surface area contributed by atoms with Crippen molar-refractivity contribution < 1.29 is 14.3 Å². The SMILES string of the molecule is CN(N)c1ccc(CN2CCN(C3CCN(C(=O)OC(C)(C)C)CC3)C2=O)cc1. The number of carbonyl (C=O) groups is 2. The van der Waals surface area contributed by atoms with Crippen LogP contribution in [0, 0.1) is 0 Å². The zero-order valence-corrected chi connectivity index (χ0v) is 17.9. The summed E-state index contributed by atoms with van der Waals surface area (Å²) in [5.74, 6) is 5.74. The minimum absolute atomic E-state index is 0.0840. The summed E-state index contributed by atoms with van der Waals surface area (Å²) in [5.41, 5.74) is 1.53. The number of urea groups is 1. The fourth-order valence-electron chi connectivity index (χ4n) is 3.83. The van der Waals surface area contributed by atoms with Gasteiger partial charge in [0, 0.05) is 45.8 Å². The molecule has 8 nitrogen and oxygen atoms in total. The highest BCUT2D eigenvalue weighted by Crippen LogP contribution is 2.24. The van der Waals surface area contributed by atoms with E-state index in [1.807, 2.05) is 54.8 Å². The van der Waals surface area contributed by atoms with E-state index in [0.29, 0.717) is 19.6 Å². The summed E-state index contributed by atoms with van der Waals surface area (Å²) in [4.78, 5) is 30.7. The Bertz CT molecular complexity index is 721. The molecular weight excluding hydrogens is 370 g/mol. The average Bonchev–Trinajstić information content (AvgIpc) is 3.01. The van der Waals surface area contributed by atoms with Gasteiger partial charge in [0.1, 0.15) is 5.60 Å². The van der Waals surface area contributed by atoms with E-state index < -0.39 is 5.60 Å². The number of likely N-dealkylation sites (tertiary alicyclic amines) is 1. The van der Waals surface area contributed by atoms with Gasteiger partial charge in [-0.3, -0.25) is 0 Å². The number of carbonyl (C=O) groups excluding carboxylic acids is 2. The van der Waals surface area contributed by atoms with E-state index in [9.17, 15) is 9.59 Å². The number of nitrogens with two attached hydrogens (primary N) is 1. The van der Waals surface area contributed by atoms with Crippen LogP contribution in [0.1, 0.15) is 39.2 Å². The average molecular weight is 404 g/mol. The number of anilines is 1. The molecule has 2 N–H and O–H groups in total. The third-order valence-electron chi connectivity index (χ3n) is 5.40. The van der Waals surface area contributed by atoms with Crippen LogP contribution in [0.15, 0.2) is 24.3 Å². The van der Waals surface area contributed by atoms with Gasteiger partial charge in [0.05, 0.1) is 5.69 Å². The lowest BCUT2D eigenvalue weighted by atomic mass is 10.0. The number of benzene rings is 1. The monoisotopic (exact) mass is 403 g/mol. The number of hydrogen-bond donors (Lipinski definition) is 1. The first-order valence-electron chi connectivity index (χ1n) is 10.2. The van der Waals surface area contributed by atoms with E-state index in [1.54, 1.807) is 17.0 Å². The Morgan fingerprint density at radius 3 is 2.31 bits per heavy atom. The third kappa shape index (κ3) is 5.32. The first-order chi connectivity index (χ1) is 13.6. The van der Waals surface area contributed by atoms with Gasteiger partial charge in [-0.15, -0.1) is 0 Å². The minimum Gasteiger partial charge on any atom is -0.444 e. The number of ether oxygens (including phenoxy) is 1. The normalized spacial score (nSPS) is 18.4. The molecule has 29 heavy (non-hydrogen) atoms. The summed E-state index contributed by atoms with van der Waals surface area (Å²) < 4.78 is 5.45. The Hall–Kier alpha value is -2.48. The molecule has 1 aromatic rings. The van der Waals surface area contributed by atoms with E-state index in [4.69, 9.17) is 10.6 Å². The molecule has 0 atom stereocenters. The van der Waals surface area contributed by atoms with Gasteiger partial charge < -0.3 is 24.4 Å². The van der Waals surface area contributed by atoms with Crippen LogP contribution in [0.2, 0.25) is 0 Å². The Morgan fingerprint density at radius 1 is 1.14 bits per heavy atom. The van der Waals surface area contributed by atoms with Crippen LogP contribution < -0.4 is 10.9 Å². The van der Waals surface area contributed by atoms with Gasteiger partial charge in [-0.05, 0) is 51.3 Å². The molecule has 8 heteroatoms. The van der Waals surface area contributed by atoms with Crippen LogP contribution in [-0.2, 0) is 11.3 Å². The maximum Gasteiger partial charge on any atom is 0.410 e. The van der Waals surface area contributed by atoms with Crippen LogP contribution in [0.3, 0.4) is 0 Å². The van der Waals surface area contributed by atoms with E-state index >= 15 is 0 Å². The smallest absolute Gasteiger partial charge is 0.410 e. The molecule has 3 rings (SSSR count). The molecule has 3 amide bonds. The number of amides is 3. The molecule has 0 saturated carbocycles. The molecule has 2 fully saturated rings. The number of hydrazine groups is 1. The fraction of sp³-hybridized carbons (Fsp3) is 0.619. The van der Waals surface area contributed by atoms with Crippen molar-refractivity contribution in [1.29, 1.82) is 0 Å². The molecule has 0 bridgehead atoms. The molecule has 160 valence electrons. The van der Waals surface area contributed by atoms with Gasteiger partial charge in [-0.25, -0.2) is 15.4 Å². The third-order valence-corrected chi connectivity index (χ3v) is 5.40. The largest absolute Gasteiger partial charge is 0.444 e. The van der Waals surface area contributed by atoms with E-state index in [-0.39, 0.29) is 18.2 Å². The van der Waals surface area contributed by atoms with Gasteiger partial charge >= 0.3 is 12.1 Å². The van der Waals surface area contributed by atoms with Crippen molar-refractivity contribution in [2.75, 3.05) is 38.2 Å². The first kappa shape index (κ1) is 21.2. The van der Waals surface area contributed by atoms with Crippen molar-refractivity contribution in [2.24, 2.45) is 5.84 Å². The summed E-state index contributed by atoms with van der Waals surface area (Å²) in [7, 11) is 1.80. The lowest BCUT2D eigenvalue weighted by Gasteiger charge is -2.37. The lowest BCUT2D eigenvalue weighted by Crippen LogP contribution is -2.49. The molecule has 2 aliphatic rings. The van der Waals surface area contributed by atoms with Gasteiger partial charge in [-0.1, -0.05) is 12.1 Å². The van der Waals surface area contributed by atoms with Crippen LogP contribution >= 0.6 is 0 Å². The van der Waals surface area contributed by atoms with Crippen molar-refractivity contribution in [1.82, 2.24) is 14.7 Å². The molecule has 0 aromatic heterocycles.